The first-order valence-corrected chi connectivity index (χ1v) is 13.8. The van der Waals surface area contributed by atoms with Crippen molar-refractivity contribution in [3.8, 4) is 11.3 Å². The van der Waals surface area contributed by atoms with Crippen molar-refractivity contribution in [3.05, 3.63) is 78.1 Å². The molecule has 37 heavy (non-hydrogen) atoms. The van der Waals surface area contributed by atoms with Gasteiger partial charge in [0.25, 0.3) is 0 Å². The molecule has 4 fully saturated rings. The minimum Gasteiger partial charge on any atom is -1.00 e. The molecule has 1 aromatic heterocycles. The fraction of sp³-hybridized carbons (Fsp3) is 0.484. The molecule has 7 rings (SSSR count). The molecular formula is C31H37ClN2O3. The molecule has 1 aliphatic carbocycles. The average molecular weight is 521 g/mol. The predicted molar refractivity (Wildman–Crippen MR) is 139 cm³/mol. The predicted octanol–water partition coefficient (Wildman–Crippen LogP) is 3.29. The average Bonchev–Trinajstić information content (AvgIpc) is 3.23. The van der Waals surface area contributed by atoms with Gasteiger partial charge in [0.2, 0.25) is 0 Å². The number of halogens is 1. The van der Waals surface area contributed by atoms with Crippen LogP contribution in [-0.4, -0.2) is 41.3 Å². The number of carbonyl (C=O) groups is 1. The molecule has 3 aliphatic heterocycles. The molecule has 3 aromatic rings. The van der Waals surface area contributed by atoms with E-state index in [1.807, 2.05) is 24.3 Å². The van der Waals surface area contributed by atoms with Crippen LogP contribution >= 0.6 is 0 Å². The van der Waals surface area contributed by atoms with Crippen LogP contribution in [0.3, 0.4) is 0 Å². The van der Waals surface area contributed by atoms with Gasteiger partial charge in [0, 0.05) is 30.4 Å². The van der Waals surface area contributed by atoms with Crippen LogP contribution in [0.5, 0.6) is 0 Å². The Morgan fingerprint density at radius 1 is 0.946 bits per heavy atom. The first kappa shape index (κ1) is 26.0. The van der Waals surface area contributed by atoms with E-state index in [0.717, 1.165) is 91.8 Å². The number of quaternary nitrogens is 1. The first-order chi connectivity index (χ1) is 17.7. The highest BCUT2D eigenvalue weighted by molar-refractivity contribution is 5.83. The topological polar surface area (TPSA) is 52.3 Å². The SMILES string of the molecule is O=C(O[C@H]1C[N+]2(Cc3cc(-c4ccccc4)no3)CCC1CC2)C1(c2ccccc2)CCCCCC1.[Cl-]. The molecule has 6 heteroatoms. The molecule has 196 valence electrons. The number of carbonyl (C=O) groups excluding carboxylic acids is 1. The lowest BCUT2D eigenvalue weighted by atomic mass is 9.74. The quantitative estimate of drug-likeness (QED) is 0.284. The highest BCUT2D eigenvalue weighted by Crippen LogP contribution is 2.42. The second-order valence-corrected chi connectivity index (χ2v) is 11.3. The van der Waals surface area contributed by atoms with Gasteiger partial charge >= 0.3 is 5.97 Å². The van der Waals surface area contributed by atoms with Gasteiger partial charge in [-0.3, -0.25) is 4.79 Å². The summed E-state index contributed by atoms with van der Waals surface area (Å²) in [7, 11) is 0. The van der Waals surface area contributed by atoms with Gasteiger partial charge < -0.3 is 26.2 Å². The summed E-state index contributed by atoms with van der Waals surface area (Å²) >= 11 is 0. The number of fused-ring (bicyclic) bond motifs is 3. The lowest BCUT2D eigenvalue weighted by Gasteiger charge is -2.52. The van der Waals surface area contributed by atoms with E-state index >= 15 is 0 Å². The Hall–Kier alpha value is -2.63. The maximum Gasteiger partial charge on any atom is 0.317 e. The van der Waals surface area contributed by atoms with Crippen LogP contribution in [-0.2, 0) is 21.5 Å². The zero-order valence-corrected chi connectivity index (χ0v) is 22.2. The Balaban J connectivity index is 0.00000280. The number of nitrogens with zero attached hydrogens (tertiary/aromatic N) is 2. The van der Waals surface area contributed by atoms with Crippen LogP contribution in [0.4, 0.5) is 0 Å². The molecule has 0 amide bonds. The molecule has 4 aliphatic rings. The van der Waals surface area contributed by atoms with Crippen molar-refractivity contribution in [2.24, 2.45) is 5.92 Å². The van der Waals surface area contributed by atoms with E-state index in [9.17, 15) is 4.79 Å². The Bertz CT molecular complexity index is 1160. The van der Waals surface area contributed by atoms with Gasteiger partial charge in [0.15, 0.2) is 11.9 Å². The van der Waals surface area contributed by atoms with Gasteiger partial charge in [-0.15, -0.1) is 0 Å². The molecular weight excluding hydrogens is 484 g/mol. The molecule has 4 heterocycles. The maximum atomic E-state index is 14.0. The van der Waals surface area contributed by atoms with Crippen molar-refractivity contribution in [3.63, 3.8) is 0 Å². The second kappa shape index (κ2) is 11.0. The zero-order valence-electron chi connectivity index (χ0n) is 21.5. The summed E-state index contributed by atoms with van der Waals surface area (Å²) in [5.41, 5.74) is 2.60. The summed E-state index contributed by atoms with van der Waals surface area (Å²) in [5.74, 6) is 1.41. The van der Waals surface area contributed by atoms with Crippen LogP contribution < -0.4 is 12.4 Å². The Kier molecular flexibility index (Phi) is 7.73. The van der Waals surface area contributed by atoms with Crippen LogP contribution in [0.1, 0.15) is 62.7 Å². The van der Waals surface area contributed by atoms with Crippen molar-refractivity contribution in [1.82, 2.24) is 5.16 Å². The molecule has 0 N–H and O–H groups in total. The number of hydrogen-bond acceptors (Lipinski definition) is 4. The normalized spacial score (nSPS) is 26.6. The van der Waals surface area contributed by atoms with Gasteiger partial charge in [-0.25, -0.2) is 0 Å². The van der Waals surface area contributed by atoms with E-state index in [4.69, 9.17) is 9.26 Å². The molecule has 0 spiro atoms. The number of benzene rings is 2. The number of aromatic nitrogens is 1. The van der Waals surface area contributed by atoms with Crippen molar-refractivity contribution < 1.29 is 30.9 Å². The fourth-order valence-electron chi connectivity index (χ4n) is 6.99. The Morgan fingerprint density at radius 2 is 1.59 bits per heavy atom. The Labute approximate surface area is 226 Å². The number of ether oxygens (including phenoxy) is 1. The molecule has 1 atom stereocenters. The van der Waals surface area contributed by atoms with Gasteiger partial charge in [-0.1, -0.05) is 91.5 Å². The summed E-state index contributed by atoms with van der Waals surface area (Å²) < 4.78 is 13.2. The monoisotopic (exact) mass is 520 g/mol. The number of esters is 1. The van der Waals surface area contributed by atoms with Crippen molar-refractivity contribution >= 4 is 5.97 Å². The second-order valence-electron chi connectivity index (χ2n) is 11.3. The van der Waals surface area contributed by atoms with Gasteiger partial charge in [-0.05, 0) is 18.4 Å². The van der Waals surface area contributed by atoms with E-state index in [1.54, 1.807) is 0 Å². The molecule has 0 unspecified atom stereocenters. The summed E-state index contributed by atoms with van der Waals surface area (Å²) in [6.45, 7) is 3.92. The molecule has 3 saturated heterocycles. The summed E-state index contributed by atoms with van der Waals surface area (Å²) in [6, 6.07) is 22.7. The van der Waals surface area contributed by atoms with Gasteiger partial charge in [0.1, 0.15) is 18.8 Å². The molecule has 5 nitrogen and oxygen atoms in total. The van der Waals surface area contributed by atoms with Crippen LogP contribution in [0.15, 0.2) is 71.3 Å². The molecule has 0 radical (unpaired) electrons. The minimum absolute atomic E-state index is 0. The number of hydrogen-bond donors (Lipinski definition) is 0. The molecule has 1 saturated carbocycles. The van der Waals surface area contributed by atoms with Crippen LogP contribution in [0.2, 0.25) is 0 Å². The smallest absolute Gasteiger partial charge is 0.317 e. The van der Waals surface area contributed by atoms with Crippen molar-refractivity contribution in [2.75, 3.05) is 19.6 Å². The van der Waals surface area contributed by atoms with Crippen LogP contribution in [0.25, 0.3) is 11.3 Å². The lowest BCUT2D eigenvalue weighted by Crippen LogP contribution is -3.00. The Morgan fingerprint density at radius 3 is 2.27 bits per heavy atom. The number of rotatable bonds is 6. The van der Waals surface area contributed by atoms with E-state index in [0.29, 0.717) is 5.92 Å². The third kappa shape index (κ3) is 5.21. The third-order valence-corrected chi connectivity index (χ3v) is 9.09. The van der Waals surface area contributed by atoms with E-state index in [1.165, 1.54) is 12.8 Å². The summed E-state index contributed by atoms with van der Waals surface area (Å²) in [4.78, 5) is 14.0. The lowest BCUT2D eigenvalue weighted by molar-refractivity contribution is -0.959. The summed E-state index contributed by atoms with van der Waals surface area (Å²) in [6.07, 6.45) is 8.58. The van der Waals surface area contributed by atoms with Gasteiger partial charge in [-0.2, -0.15) is 0 Å². The third-order valence-electron chi connectivity index (χ3n) is 9.09. The zero-order chi connectivity index (χ0) is 24.4. The highest BCUT2D eigenvalue weighted by Gasteiger charge is 2.50. The highest BCUT2D eigenvalue weighted by atomic mass is 35.5. The maximum absolute atomic E-state index is 14.0. The fourth-order valence-corrected chi connectivity index (χ4v) is 6.99. The minimum atomic E-state index is -0.496. The van der Waals surface area contributed by atoms with E-state index in [-0.39, 0.29) is 24.5 Å². The number of piperidine rings is 3. The van der Waals surface area contributed by atoms with Crippen molar-refractivity contribution in [1.29, 1.82) is 0 Å². The molecule has 2 aromatic carbocycles. The molecule has 2 bridgehead atoms. The standard InChI is InChI=1S/C31H37N2O3.ClH/c34-30(31(17-9-1-2-10-18-31)26-13-7-4-8-14-26)35-29-23-33(19-15-25(29)16-20-33)22-27-21-28(32-36-27)24-11-5-3-6-12-24;/h3-8,11-14,21,25,29H,1-2,9-10,15-20,22-23H2;1H/q+1;/p-1/t25?,29-,33?;/m0./s1. The summed E-state index contributed by atoms with van der Waals surface area (Å²) in [5, 5.41) is 4.34. The van der Waals surface area contributed by atoms with Crippen molar-refractivity contribution in [2.45, 2.75) is 69.4 Å². The van der Waals surface area contributed by atoms with Gasteiger partial charge in [0.05, 0.1) is 18.5 Å². The van der Waals surface area contributed by atoms with E-state index in [2.05, 4.69) is 47.6 Å². The van der Waals surface area contributed by atoms with Crippen LogP contribution in [0, 0.1) is 5.92 Å². The first-order valence-electron chi connectivity index (χ1n) is 13.8. The van der Waals surface area contributed by atoms with E-state index < -0.39 is 5.41 Å². The largest absolute Gasteiger partial charge is 1.00 e.